The molecule has 0 saturated carbocycles. The van der Waals surface area contributed by atoms with Crippen molar-refractivity contribution >= 4 is 29.5 Å². The predicted octanol–water partition coefficient (Wildman–Crippen LogP) is 3.72. The van der Waals surface area contributed by atoms with Gasteiger partial charge in [0.15, 0.2) is 6.10 Å². The summed E-state index contributed by atoms with van der Waals surface area (Å²) in [4.78, 5) is 42.5. The van der Waals surface area contributed by atoms with Crippen molar-refractivity contribution in [1.29, 1.82) is 0 Å². The van der Waals surface area contributed by atoms with E-state index in [4.69, 9.17) is 9.47 Å². The first kappa shape index (κ1) is 33.7. The molecule has 3 aromatic rings. The summed E-state index contributed by atoms with van der Waals surface area (Å²) >= 11 is 1.44. The molecule has 0 bridgehead atoms. The molecule has 0 unspecified atom stereocenters. The van der Waals surface area contributed by atoms with Crippen LogP contribution in [0.15, 0.2) is 60.7 Å². The summed E-state index contributed by atoms with van der Waals surface area (Å²) in [6, 6.07) is 15.5. The van der Waals surface area contributed by atoms with Crippen molar-refractivity contribution in [1.82, 2.24) is 15.5 Å². The molecule has 0 spiro atoms. The molecule has 4 rings (SSSR count). The summed E-state index contributed by atoms with van der Waals surface area (Å²) in [5, 5.41) is 27.6. The Morgan fingerprint density at radius 1 is 1.02 bits per heavy atom. The summed E-state index contributed by atoms with van der Waals surface area (Å²) in [5.74, 6) is -0.448. The monoisotopic (exact) mass is 635 g/mol. The lowest BCUT2D eigenvalue weighted by Gasteiger charge is -2.33. The number of nitrogens with zero attached hydrogens (tertiary/aromatic N) is 1. The Morgan fingerprint density at radius 3 is 2.33 bits per heavy atom. The molecule has 0 aromatic heterocycles. The van der Waals surface area contributed by atoms with E-state index < -0.39 is 34.7 Å². The molecule has 1 heterocycles. The largest absolute Gasteiger partial charge is 0.508 e. The van der Waals surface area contributed by atoms with Gasteiger partial charge in [-0.3, -0.25) is 14.4 Å². The first-order valence-electron chi connectivity index (χ1n) is 14.6. The first-order valence-corrected chi connectivity index (χ1v) is 15.6. The molecule has 1 aliphatic rings. The van der Waals surface area contributed by atoms with Gasteiger partial charge in [-0.15, -0.1) is 11.8 Å². The molecule has 0 aliphatic carbocycles. The fourth-order valence-corrected chi connectivity index (χ4v) is 6.58. The second kappa shape index (κ2) is 14.3. The SMILES string of the molecule is COc1cc(C[C@H](NC(=O)c2cccc(O)c2C)[C@H](O)C(=O)N2CSC(C)(C)[C@H]2C(=O)NCc2ccccc2C)cc(OC)c1. The number of amides is 3. The number of nitrogens with one attached hydrogen (secondary N) is 2. The van der Waals surface area contributed by atoms with E-state index in [0.717, 1.165) is 11.1 Å². The number of hydrogen-bond acceptors (Lipinski definition) is 8. The van der Waals surface area contributed by atoms with Gasteiger partial charge in [0.1, 0.15) is 23.3 Å². The molecule has 3 amide bonds. The third kappa shape index (κ3) is 7.72. The van der Waals surface area contributed by atoms with E-state index in [2.05, 4.69) is 10.6 Å². The lowest BCUT2D eigenvalue weighted by Crippen LogP contribution is -2.58. The molecule has 10 nitrogen and oxygen atoms in total. The lowest BCUT2D eigenvalue weighted by atomic mass is 9.96. The zero-order chi connectivity index (χ0) is 32.9. The van der Waals surface area contributed by atoms with Crippen LogP contribution < -0.4 is 20.1 Å². The average Bonchev–Trinajstić information content (AvgIpc) is 3.35. The minimum Gasteiger partial charge on any atom is -0.508 e. The minimum absolute atomic E-state index is 0.0403. The smallest absolute Gasteiger partial charge is 0.254 e. The average molecular weight is 636 g/mol. The number of aliphatic hydroxyl groups is 1. The van der Waals surface area contributed by atoms with Crippen molar-refractivity contribution in [2.24, 2.45) is 0 Å². The van der Waals surface area contributed by atoms with Crippen LogP contribution in [0.3, 0.4) is 0 Å². The van der Waals surface area contributed by atoms with E-state index in [-0.39, 0.29) is 29.5 Å². The van der Waals surface area contributed by atoms with Crippen LogP contribution in [0, 0.1) is 13.8 Å². The van der Waals surface area contributed by atoms with Gasteiger partial charge in [0.2, 0.25) is 5.91 Å². The molecular weight excluding hydrogens is 594 g/mol. The summed E-state index contributed by atoms with van der Waals surface area (Å²) in [5.41, 5.74) is 3.21. The van der Waals surface area contributed by atoms with Crippen molar-refractivity contribution in [2.45, 2.75) is 63.6 Å². The minimum atomic E-state index is -1.70. The molecule has 0 radical (unpaired) electrons. The maximum atomic E-state index is 14.0. The van der Waals surface area contributed by atoms with Crippen LogP contribution in [0.2, 0.25) is 0 Å². The van der Waals surface area contributed by atoms with Gasteiger partial charge in [0, 0.05) is 28.5 Å². The van der Waals surface area contributed by atoms with Gasteiger partial charge >= 0.3 is 0 Å². The molecule has 1 fully saturated rings. The number of hydrogen-bond donors (Lipinski definition) is 4. The van der Waals surface area contributed by atoms with E-state index in [1.165, 1.54) is 36.9 Å². The van der Waals surface area contributed by atoms with Gasteiger partial charge < -0.3 is 35.2 Å². The van der Waals surface area contributed by atoms with Crippen molar-refractivity contribution < 1.29 is 34.1 Å². The van der Waals surface area contributed by atoms with Gasteiger partial charge in [0.05, 0.1) is 26.1 Å². The van der Waals surface area contributed by atoms with E-state index in [1.807, 2.05) is 45.0 Å². The van der Waals surface area contributed by atoms with Gasteiger partial charge in [-0.25, -0.2) is 0 Å². The highest BCUT2D eigenvalue weighted by molar-refractivity contribution is 8.00. The molecule has 11 heteroatoms. The number of aromatic hydroxyl groups is 1. The molecule has 45 heavy (non-hydrogen) atoms. The maximum Gasteiger partial charge on any atom is 0.254 e. The van der Waals surface area contributed by atoms with E-state index >= 15 is 0 Å². The number of benzene rings is 3. The van der Waals surface area contributed by atoms with Crippen molar-refractivity contribution in [3.8, 4) is 17.2 Å². The Hall–Kier alpha value is -4.22. The van der Waals surface area contributed by atoms with E-state index in [9.17, 15) is 24.6 Å². The Bertz CT molecular complexity index is 1540. The number of carbonyl (C=O) groups excluding carboxylic acids is 3. The number of aliphatic hydroxyl groups excluding tert-OH is 1. The molecule has 3 aromatic carbocycles. The number of aryl methyl sites for hydroxylation is 1. The Morgan fingerprint density at radius 2 is 1.69 bits per heavy atom. The van der Waals surface area contributed by atoms with Crippen LogP contribution >= 0.6 is 11.8 Å². The number of ether oxygens (including phenoxy) is 2. The summed E-state index contributed by atoms with van der Waals surface area (Å²) in [6.07, 6.45) is -1.66. The normalized spacial score (nSPS) is 16.9. The first-order chi connectivity index (χ1) is 21.4. The zero-order valence-electron chi connectivity index (χ0n) is 26.4. The van der Waals surface area contributed by atoms with Crippen molar-refractivity contribution in [3.63, 3.8) is 0 Å². The number of phenolic OH excluding ortho intramolecular Hbond substituents is 1. The highest BCUT2D eigenvalue weighted by Crippen LogP contribution is 2.40. The van der Waals surface area contributed by atoms with Crippen molar-refractivity contribution in [3.05, 3.63) is 88.5 Å². The quantitative estimate of drug-likeness (QED) is 0.250. The number of carbonyl (C=O) groups is 3. The van der Waals surface area contributed by atoms with E-state index in [1.54, 1.807) is 37.3 Å². The Kier molecular flexibility index (Phi) is 10.7. The lowest BCUT2D eigenvalue weighted by molar-refractivity contribution is -0.147. The van der Waals surface area contributed by atoms with E-state index in [0.29, 0.717) is 29.2 Å². The highest BCUT2D eigenvalue weighted by Gasteiger charge is 2.49. The third-order valence-electron chi connectivity index (χ3n) is 8.16. The summed E-state index contributed by atoms with van der Waals surface area (Å²) < 4.78 is 10.1. The number of thioether (sulfide) groups is 1. The van der Waals surface area contributed by atoms with Crippen LogP contribution in [-0.2, 0) is 22.6 Å². The second-order valence-corrected chi connectivity index (χ2v) is 13.2. The number of phenols is 1. The van der Waals surface area contributed by atoms with Crippen LogP contribution in [0.25, 0.3) is 0 Å². The van der Waals surface area contributed by atoms with Gasteiger partial charge in [0.25, 0.3) is 11.8 Å². The summed E-state index contributed by atoms with van der Waals surface area (Å²) in [7, 11) is 3.02. The standard InChI is InChI=1S/C34H41N3O7S/c1-20-10-7-8-11-23(20)18-35-32(41)30-34(3,4)45-19-37(30)33(42)29(39)27(16-22-14-24(43-5)17-25(15-22)44-6)36-31(40)26-12-9-13-28(38)21(26)2/h7-15,17,27,29-30,38-39H,16,18-19H2,1-6H3,(H,35,41)(H,36,40)/t27-,29-,30+/m0/s1. The van der Waals surface area contributed by atoms with Crippen LogP contribution in [-0.4, -0.2) is 75.9 Å². The molecule has 4 N–H and O–H groups in total. The Labute approximate surface area is 268 Å². The molecule has 1 saturated heterocycles. The van der Waals surface area contributed by atoms with Crippen LogP contribution in [0.5, 0.6) is 17.2 Å². The van der Waals surface area contributed by atoms with Crippen molar-refractivity contribution in [2.75, 3.05) is 20.1 Å². The fourth-order valence-electron chi connectivity index (χ4n) is 5.44. The number of methoxy groups -OCH3 is 2. The van der Waals surface area contributed by atoms with Gasteiger partial charge in [-0.1, -0.05) is 30.3 Å². The van der Waals surface area contributed by atoms with Gasteiger partial charge in [-0.05, 0) is 75.1 Å². The maximum absolute atomic E-state index is 14.0. The number of rotatable bonds is 11. The van der Waals surface area contributed by atoms with Crippen LogP contribution in [0.1, 0.15) is 46.5 Å². The topological polar surface area (TPSA) is 137 Å². The Balaban J connectivity index is 1.62. The molecule has 240 valence electrons. The molecule has 3 atom stereocenters. The van der Waals surface area contributed by atoms with Crippen LogP contribution in [0.4, 0.5) is 0 Å². The third-order valence-corrected chi connectivity index (χ3v) is 9.53. The predicted molar refractivity (Wildman–Crippen MR) is 174 cm³/mol. The molecular formula is C34H41N3O7S. The fraction of sp³-hybridized carbons (Fsp3) is 0.382. The highest BCUT2D eigenvalue weighted by atomic mass is 32.2. The molecule has 1 aliphatic heterocycles. The summed E-state index contributed by atoms with van der Waals surface area (Å²) in [6.45, 7) is 7.65. The zero-order valence-corrected chi connectivity index (χ0v) is 27.2. The van der Waals surface area contributed by atoms with Gasteiger partial charge in [-0.2, -0.15) is 0 Å². The second-order valence-electron chi connectivity index (χ2n) is 11.6.